The van der Waals surface area contributed by atoms with Crippen LogP contribution < -0.4 is 10.6 Å². The molecule has 2 heteroatoms. The number of allylic oxidation sites excluding steroid dienone is 1. The Morgan fingerprint density at radius 3 is 1.55 bits per heavy atom. The van der Waals surface area contributed by atoms with E-state index >= 15 is 0 Å². The van der Waals surface area contributed by atoms with Crippen LogP contribution in [0, 0.1) is 0 Å². The Morgan fingerprint density at radius 2 is 1.05 bits per heavy atom. The van der Waals surface area contributed by atoms with E-state index in [-0.39, 0.29) is 0 Å². The second kappa shape index (κ2) is 18.4. The molecule has 0 heterocycles. The molecule has 0 aliphatic heterocycles. The van der Waals surface area contributed by atoms with Crippen molar-refractivity contribution in [2.24, 2.45) is 0 Å². The number of nitrogens with one attached hydrogen (secondary N) is 2. The molecule has 0 aromatic rings. The van der Waals surface area contributed by atoms with Crippen molar-refractivity contribution in [3.8, 4) is 0 Å². The van der Waals surface area contributed by atoms with Gasteiger partial charge in [-0.3, -0.25) is 0 Å². The zero-order chi connectivity index (χ0) is 16.3. The van der Waals surface area contributed by atoms with Crippen LogP contribution in [0.3, 0.4) is 0 Å². The Hall–Kier alpha value is -0.660. The molecular weight excluding hydrogens is 268 g/mol. The average Bonchev–Trinajstić information content (AvgIpc) is 2.53. The van der Waals surface area contributed by atoms with E-state index in [4.69, 9.17) is 0 Å². The molecule has 0 aliphatic carbocycles. The van der Waals surface area contributed by atoms with Crippen LogP contribution in [0.1, 0.15) is 104 Å². The fourth-order valence-electron chi connectivity index (χ4n) is 2.53. The maximum atomic E-state index is 3.55. The summed E-state index contributed by atoms with van der Waals surface area (Å²) >= 11 is 0. The number of hydrogen-bond donors (Lipinski definition) is 2. The highest BCUT2D eigenvalue weighted by atomic mass is 15.1. The normalized spacial score (nSPS) is 10.5. The molecule has 22 heavy (non-hydrogen) atoms. The molecule has 0 spiro atoms. The minimum Gasteiger partial charge on any atom is -0.372 e. The molecule has 0 unspecified atom stereocenters. The van der Waals surface area contributed by atoms with Gasteiger partial charge in [-0.1, -0.05) is 78.6 Å². The van der Waals surface area contributed by atoms with Gasteiger partial charge in [0.15, 0.2) is 0 Å². The molecule has 2 nitrogen and oxygen atoms in total. The minimum atomic E-state index is 1.10. The van der Waals surface area contributed by atoms with Crippen LogP contribution in [0.2, 0.25) is 0 Å². The van der Waals surface area contributed by atoms with Crippen molar-refractivity contribution in [1.82, 2.24) is 10.6 Å². The zero-order valence-corrected chi connectivity index (χ0v) is 15.7. The summed E-state index contributed by atoms with van der Waals surface area (Å²) in [5.41, 5.74) is 0. The van der Waals surface area contributed by atoms with E-state index in [0.29, 0.717) is 0 Å². The summed E-state index contributed by atoms with van der Waals surface area (Å²) in [4.78, 5) is 0. The Morgan fingerprint density at radius 1 is 0.591 bits per heavy atom. The van der Waals surface area contributed by atoms with Crippen molar-refractivity contribution in [2.45, 2.75) is 104 Å². The first-order chi connectivity index (χ1) is 10.8. The standard InChI is InChI=1S/C20H42N2/c1-4-7-10-11-12-13-14-15-16-17-20(21-18-8-5-2)22-19-9-6-3/h17,21-22H,4-16,18-19H2,1-3H3. The summed E-state index contributed by atoms with van der Waals surface area (Å²) in [7, 11) is 0. The molecule has 0 amide bonds. The van der Waals surface area contributed by atoms with Crippen LogP contribution >= 0.6 is 0 Å². The highest BCUT2D eigenvalue weighted by Gasteiger charge is 1.96. The van der Waals surface area contributed by atoms with Gasteiger partial charge in [-0.15, -0.1) is 0 Å². The summed E-state index contributed by atoms with van der Waals surface area (Å²) in [6.45, 7) is 8.97. The van der Waals surface area contributed by atoms with Crippen molar-refractivity contribution in [3.05, 3.63) is 11.9 Å². The fraction of sp³-hybridized carbons (Fsp3) is 0.900. The molecular formula is C20H42N2. The van der Waals surface area contributed by atoms with Gasteiger partial charge >= 0.3 is 0 Å². The molecule has 0 radical (unpaired) electrons. The second-order valence-electron chi connectivity index (χ2n) is 6.44. The number of unbranched alkanes of at least 4 members (excludes halogenated alkanes) is 10. The molecule has 0 aliphatic rings. The van der Waals surface area contributed by atoms with Gasteiger partial charge in [-0.25, -0.2) is 0 Å². The first-order valence-corrected chi connectivity index (χ1v) is 10.0. The molecule has 0 fully saturated rings. The summed E-state index contributed by atoms with van der Waals surface area (Å²) in [6, 6.07) is 0. The zero-order valence-electron chi connectivity index (χ0n) is 15.7. The Kier molecular flexibility index (Phi) is 17.8. The predicted molar refractivity (Wildman–Crippen MR) is 101 cm³/mol. The summed E-state index contributed by atoms with van der Waals surface area (Å²) < 4.78 is 0. The monoisotopic (exact) mass is 310 g/mol. The van der Waals surface area contributed by atoms with E-state index < -0.39 is 0 Å². The van der Waals surface area contributed by atoms with E-state index in [9.17, 15) is 0 Å². The average molecular weight is 311 g/mol. The molecule has 132 valence electrons. The van der Waals surface area contributed by atoms with E-state index in [2.05, 4.69) is 37.5 Å². The SMILES string of the molecule is CCCCCCCCCCC=C(NCCCC)NCCCC. The maximum Gasteiger partial charge on any atom is 0.0945 e. The highest BCUT2D eigenvalue weighted by Crippen LogP contribution is 2.10. The Bertz CT molecular complexity index is 224. The lowest BCUT2D eigenvalue weighted by Crippen LogP contribution is -2.28. The first-order valence-electron chi connectivity index (χ1n) is 10.0. The molecule has 0 atom stereocenters. The van der Waals surface area contributed by atoms with Crippen LogP contribution in [-0.4, -0.2) is 13.1 Å². The van der Waals surface area contributed by atoms with Gasteiger partial charge in [0.05, 0.1) is 5.82 Å². The third-order valence-corrected chi connectivity index (χ3v) is 4.10. The van der Waals surface area contributed by atoms with E-state index in [1.54, 1.807) is 0 Å². The van der Waals surface area contributed by atoms with Gasteiger partial charge in [-0.05, 0) is 31.8 Å². The Labute approximate surface area is 140 Å². The second-order valence-corrected chi connectivity index (χ2v) is 6.44. The lowest BCUT2D eigenvalue weighted by atomic mass is 10.1. The van der Waals surface area contributed by atoms with Crippen LogP contribution in [0.4, 0.5) is 0 Å². The first kappa shape index (κ1) is 21.3. The van der Waals surface area contributed by atoms with Gasteiger partial charge in [-0.2, -0.15) is 0 Å². The fourth-order valence-corrected chi connectivity index (χ4v) is 2.53. The van der Waals surface area contributed by atoms with Crippen LogP contribution in [0.5, 0.6) is 0 Å². The van der Waals surface area contributed by atoms with Crippen LogP contribution in [0.15, 0.2) is 11.9 Å². The van der Waals surface area contributed by atoms with Crippen molar-refractivity contribution in [1.29, 1.82) is 0 Å². The van der Waals surface area contributed by atoms with Gasteiger partial charge in [0.25, 0.3) is 0 Å². The van der Waals surface area contributed by atoms with Crippen molar-refractivity contribution in [2.75, 3.05) is 13.1 Å². The highest BCUT2D eigenvalue weighted by molar-refractivity contribution is 4.97. The van der Waals surface area contributed by atoms with Crippen molar-refractivity contribution < 1.29 is 0 Å². The van der Waals surface area contributed by atoms with Gasteiger partial charge in [0.1, 0.15) is 0 Å². The van der Waals surface area contributed by atoms with Crippen molar-refractivity contribution >= 4 is 0 Å². The van der Waals surface area contributed by atoms with E-state index in [0.717, 1.165) is 13.1 Å². The summed E-state index contributed by atoms with van der Waals surface area (Å²) in [5.74, 6) is 1.27. The van der Waals surface area contributed by atoms with Crippen LogP contribution in [-0.2, 0) is 0 Å². The van der Waals surface area contributed by atoms with Crippen molar-refractivity contribution in [3.63, 3.8) is 0 Å². The molecule has 0 rings (SSSR count). The molecule has 0 saturated heterocycles. The van der Waals surface area contributed by atoms with Gasteiger partial charge in [0, 0.05) is 13.1 Å². The van der Waals surface area contributed by atoms with Crippen LogP contribution in [0.25, 0.3) is 0 Å². The molecule has 0 bridgehead atoms. The lowest BCUT2D eigenvalue weighted by molar-refractivity contribution is 0.574. The van der Waals surface area contributed by atoms with Gasteiger partial charge in [0.2, 0.25) is 0 Å². The predicted octanol–water partition coefficient (Wildman–Crippen LogP) is 6.14. The van der Waals surface area contributed by atoms with E-state index in [1.807, 2.05) is 0 Å². The number of rotatable bonds is 17. The molecule has 0 saturated carbocycles. The quantitative estimate of drug-likeness (QED) is 0.315. The van der Waals surface area contributed by atoms with E-state index in [1.165, 1.54) is 89.3 Å². The number of hydrogen-bond acceptors (Lipinski definition) is 2. The maximum absolute atomic E-state index is 3.55. The minimum absolute atomic E-state index is 1.10. The molecule has 0 aromatic heterocycles. The van der Waals surface area contributed by atoms with Gasteiger partial charge < -0.3 is 10.6 Å². The smallest absolute Gasteiger partial charge is 0.0945 e. The third-order valence-electron chi connectivity index (χ3n) is 4.10. The molecule has 0 aromatic carbocycles. The topological polar surface area (TPSA) is 24.1 Å². The molecule has 2 N–H and O–H groups in total. The summed E-state index contributed by atoms with van der Waals surface area (Å²) in [6.07, 6.45) is 19.8. The third kappa shape index (κ3) is 15.7. The lowest BCUT2D eigenvalue weighted by Gasteiger charge is -2.13. The Balaban J connectivity index is 3.68. The largest absolute Gasteiger partial charge is 0.372 e. The summed E-state index contributed by atoms with van der Waals surface area (Å²) in [5, 5.41) is 7.11.